The fourth-order valence-corrected chi connectivity index (χ4v) is 2.70. The molecule has 0 fully saturated rings. The van der Waals surface area contributed by atoms with Gasteiger partial charge in [-0.25, -0.2) is 0 Å². The van der Waals surface area contributed by atoms with E-state index >= 15 is 0 Å². The molecule has 0 aliphatic heterocycles. The fourth-order valence-electron chi connectivity index (χ4n) is 1.66. The average Bonchev–Trinajstić information content (AvgIpc) is 2.65. The van der Waals surface area contributed by atoms with Gasteiger partial charge < -0.3 is 0 Å². The van der Waals surface area contributed by atoms with Gasteiger partial charge in [0.25, 0.3) is 0 Å². The van der Waals surface area contributed by atoms with Crippen molar-refractivity contribution in [2.24, 2.45) is 11.3 Å². The highest BCUT2D eigenvalue weighted by Gasteiger charge is 2.17. The molecular formula is C13H24N2S. The summed E-state index contributed by atoms with van der Waals surface area (Å²) >= 11 is 1.87. The minimum absolute atomic E-state index is 0.310. The zero-order valence-electron chi connectivity index (χ0n) is 10.8. The van der Waals surface area contributed by atoms with E-state index in [0.717, 1.165) is 12.8 Å². The van der Waals surface area contributed by atoms with E-state index in [0.29, 0.717) is 11.5 Å². The first kappa shape index (κ1) is 13.7. The zero-order chi connectivity index (χ0) is 12.2. The molecule has 1 heterocycles. The molecule has 1 atom stereocenters. The molecule has 3 heteroatoms. The number of hydrogen-bond donors (Lipinski definition) is 2. The molecule has 0 bridgehead atoms. The second-order valence-corrected chi connectivity index (χ2v) is 6.68. The summed E-state index contributed by atoms with van der Waals surface area (Å²) < 4.78 is 0. The number of hydrazine groups is 1. The van der Waals surface area contributed by atoms with Crippen molar-refractivity contribution in [1.29, 1.82) is 0 Å². The van der Waals surface area contributed by atoms with Gasteiger partial charge in [-0.1, -0.05) is 27.7 Å². The predicted molar refractivity (Wildman–Crippen MR) is 72.5 cm³/mol. The van der Waals surface area contributed by atoms with Crippen molar-refractivity contribution in [3.63, 3.8) is 0 Å². The molecule has 1 unspecified atom stereocenters. The van der Waals surface area contributed by atoms with E-state index in [1.165, 1.54) is 16.2 Å². The van der Waals surface area contributed by atoms with Crippen molar-refractivity contribution in [1.82, 2.24) is 5.43 Å². The quantitative estimate of drug-likeness (QED) is 0.609. The van der Waals surface area contributed by atoms with Crippen LogP contribution in [0.15, 0.2) is 12.1 Å². The molecule has 0 radical (unpaired) electrons. The Morgan fingerprint density at radius 3 is 2.50 bits per heavy atom. The Labute approximate surface area is 103 Å². The van der Waals surface area contributed by atoms with E-state index in [-0.39, 0.29) is 0 Å². The second kappa shape index (κ2) is 5.80. The van der Waals surface area contributed by atoms with Gasteiger partial charge in [0.1, 0.15) is 0 Å². The van der Waals surface area contributed by atoms with Crippen molar-refractivity contribution in [3.05, 3.63) is 21.9 Å². The maximum Gasteiger partial charge on any atom is 0.0553 e. The second-order valence-electron chi connectivity index (χ2n) is 5.48. The Balaban J connectivity index is 2.60. The summed E-state index contributed by atoms with van der Waals surface area (Å²) in [6.45, 7) is 9.00. The molecule has 2 nitrogen and oxygen atoms in total. The topological polar surface area (TPSA) is 38.0 Å². The van der Waals surface area contributed by atoms with E-state index in [1.54, 1.807) is 0 Å². The van der Waals surface area contributed by atoms with Crippen LogP contribution in [-0.2, 0) is 6.42 Å². The van der Waals surface area contributed by atoms with Crippen LogP contribution in [-0.4, -0.2) is 0 Å². The zero-order valence-corrected chi connectivity index (χ0v) is 11.7. The summed E-state index contributed by atoms with van der Waals surface area (Å²) in [4.78, 5) is 2.80. The Kier molecular flexibility index (Phi) is 4.96. The normalized spacial score (nSPS) is 14.1. The number of aryl methyl sites for hydroxylation is 1. The molecule has 3 N–H and O–H groups in total. The third-order valence-electron chi connectivity index (χ3n) is 2.76. The molecule has 1 aromatic rings. The van der Waals surface area contributed by atoms with Crippen LogP contribution in [0.3, 0.4) is 0 Å². The van der Waals surface area contributed by atoms with Crippen LogP contribution in [0.1, 0.15) is 56.3 Å². The van der Waals surface area contributed by atoms with E-state index < -0.39 is 0 Å². The lowest BCUT2D eigenvalue weighted by Crippen LogP contribution is -2.28. The first-order valence-corrected chi connectivity index (χ1v) is 6.82. The molecule has 1 rings (SSSR count). The Hall–Kier alpha value is -0.380. The predicted octanol–water partition coefficient (Wildman–Crippen LogP) is 3.64. The molecule has 0 saturated carbocycles. The molecule has 0 saturated heterocycles. The monoisotopic (exact) mass is 240 g/mol. The molecule has 0 aromatic carbocycles. The Morgan fingerprint density at radius 2 is 2.06 bits per heavy atom. The minimum atomic E-state index is 0.310. The van der Waals surface area contributed by atoms with Crippen molar-refractivity contribution in [2.45, 2.75) is 53.0 Å². The first-order chi connectivity index (χ1) is 7.46. The number of thiophene rings is 1. The highest BCUT2D eigenvalue weighted by Crippen LogP contribution is 2.30. The van der Waals surface area contributed by atoms with Gasteiger partial charge in [-0.3, -0.25) is 11.3 Å². The van der Waals surface area contributed by atoms with Crippen LogP contribution >= 0.6 is 11.3 Å². The number of rotatable bonds is 5. The van der Waals surface area contributed by atoms with Crippen LogP contribution in [0, 0.1) is 5.41 Å². The third-order valence-corrected chi connectivity index (χ3v) is 4.10. The van der Waals surface area contributed by atoms with E-state index in [4.69, 9.17) is 5.84 Å². The van der Waals surface area contributed by atoms with Gasteiger partial charge in [-0.05, 0) is 36.8 Å². The standard InChI is InChI=1S/C13H24N2S/c1-5-10-6-7-12(16-10)11(15-14)8-9-13(2,3)4/h6-7,11,15H,5,8-9,14H2,1-4H3. The van der Waals surface area contributed by atoms with Crippen LogP contribution in [0.5, 0.6) is 0 Å². The van der Waals surface area contributed by atoms with Crippen LogP contribution < -0.4 is 11.3 Å². The number of nitrogens with one attached hydrogen (secondary N) is 1. The van der Waals surface area contributed by atoms with Gasteiger partial charge in [0.15, 0.2) is 0 Å². The van der Waals surface area contributed by atoms with Gasteiger partial charge in [0, 0.05) is 9.75 Å². The molecule has 16 heavy (non-hydrogen) atoms. The Bertz CT molecular complexity index is 312. The summed E-state index contributed by atoms with van der Waals surface area (Å²) in [6.07, 6.45) is 3.39. The summed E-state index contributed by atoms with van der Waals surface area (Å²) in [6, 6.07) is 4.72. The van der Waals surface area contributed by atoms with E-state index in [2.05, 4.69) is 45.3 Å². The largest absolute Gasteiger partial charge is 0.271 e. The molecular weight excluding hydrogens is 216 g/mol. The molecule has 1 aromatic heterocycles. The smallest absolute Gasteiger partial charge is 0.0553 e. The lowest BCUT2D eigenvalue weighted by molar-refractivity contribution is 0.335. The Morgan fingerprint density at radius 1 is 1.38 bits per heavy atom. The number of hydrogen-bond acceptors (Lipinski definition) is 3. The van der Waals surface area contributed by atoms with Crippen molar-refractivity contribution >= 4 is 11.3 Å². The maximum atomic E-state index is 5.64. The van der Waals surface area contributed by atoms with Gasteiger partial charge in [0.05, 0.1) is 6.04 Å². The summed E-state index contributed by atoms with van der Waals surface area (Å²) in [5.74, 6) is 5.64. The van der Waals surface area contributed by atoms with Crippen LogP contribution in [0.2, 0.25) is 0 Å². The SMILES string of the molecule is CCc1ccc(C(CCC(C)(C)C)NN)s1. The van der Waals surface area contributed by atoms with E-state index in [1.807, 2.05) is 11.3 Å². The van der Waals surface area contributed by atoms with Crippen molar-refractivity contribution < 1.29 is 0 Å². The average molecular weight is 240 g/mol. The van der Waals surface area contributed by atoms with Crippen molar-refractivity contribution in [2.75, 3.05) is 0 Å². The lowest BCUT2D eigenvalue weighted by atomic mass is 9.88. The lowest BCUT2D eigenvalue weighted by Gasteiger charge is -2.22. The van der Waals surface area contributed by atoms with Gasteiger partial charge in [0.2, 0.25) is 0 Å². The summed E-state index contributed by atoms with van der Waals surface area (Å²) in [5, 5.41) is 0. The van der Waals surface area contributed by atoms with Crippen molar-refractivity contribution in [3.8, 4) is 0 Å². The van der Waals surface area contributed by atoms with Crippen LogP contribution in [0.4, 0.5) is 0 Å². The van der Waals surface area contributed by atoms with E-state index in [9.17, 15) is 0 Å². The van der Waals surface area contributed by atoms with Gasteiger partial charge in [-0.15, -0.1) is 11.3 Å². The fraction of sp³-hybridized carbons (Fsp3) is 0.692. The molecule has 0 amide bonds. The molecule has 0 spiro atoms. The van der Waals surface area contributed by atoms with Gasteiger partial charge in [-0.2, -0.15) is 0 Å². The van der Waals surface area contributed by atoms with Gasteiger partial charge >= 0.3 is 0 Å². The first-order valence-electron chi connectivity index (χ1n) is 6.01. The third kappa shape index (κ3) is 4.24. The molecule has 0 aliphatic rings. The molecule has 92 valence electrons. The highest BCUT2D eigenvalue weighted by molar-refractivity contribution is 7.12. The summed E-state index contributed by atoms with van der Waals surface area (Å²) in [5.41, 5.74) is 3.31. The number of nitrogens with two attached hydrogens (primary N) is 1. The highest BCUT2D eigenvalue weighted by atomic mass is 32.1. The maximum absolute atomic E-state index is 5.64. The minimum Gasteiger partial charge on any atom is -0.271 e. The van der Waals surface area contributed by atoms with Crippen LogP contribution in [0.25, 0.3) is 0 Å². The summed E-state index contributed by atoms with van der Waals surface area (Å²) in [7, 11) is 0. The molecule has 0 aliphatic carbocycles.